The van der Waals surface area contributed by atoms with E-state index in [0.717, 1.165) is 35.6 Å². The van der Waals surface area contributed by atoms with Gasteiger partial charge in [0.25, 0.3) is 0 Å². The average Bonchev–Trinajstić information content (AvgIpc) is 3.07. The lowest BCUT2D eigenvalue weighted by molar-refractivity contribution is -0.120. The van der Waals surface area contributed by atoms with Crippen molar-refractivity contribution < 1.29 is 4.79 Å². The second kappa shape index (κ2) is 7.72. The quantitative estimate of drug-likeness (QED) is 0.776. The molecule has 138 valence electrons. The maximum Gasteiger partial charge on any atom is 0.221 e. The third-order valence-corrected chi connectivity index (χ3v) is 4.98. The number of hydrogen-bond acceptors (Lipinski definition) is 4. The van der Waals surface area contributed by atoms with Crippen molar-refractivity contribution in [3.05, 3.63) is 66.6 Å². The fourth-order valence-corrected chi connectivity index (χ4v) is 3.39. The Hall–Kier alpha value is -2.99. The fourth-order valence-electron chi connectivity index (χ4n) is 3.39. The van der Waals surface area contributed by atoms with Crippen LogP contribution in [0, 0.1) is 0 Å². The van der Waals surface area contributed by atoms with Crippen LogP contribution in [0.2, 0.25) is 0 Å². The molecule has 1 saturated heterocycles. The zero-order valence-electron chi connectivity index (χ0n) is 15.4. The van der Waals surface area contributed by atoms with Crippen LogP contribution in [0.4, 0.5) is 0 Å². The molecule has 0 saturated carbocycles. The van der Waals surface area contributed by atoms with Crippen LogP contribution in [0.1, 0.15) is 18.9 Å². The van der Waals surface area contributed by atoms with Gasteiger partial charge in [0, 0.05) is 61.8 Å². The number of para-hydroxylation sites is 1. The number of rotatable bonds is 4. The molecule has 0 radical (unpaired) electrons. The Labute approximate surface area is 158 Å². The Morgan fingerprint density at radius 2 is 1.93 bits per heavy atom. The van der Waals surface area contributed by atoms with Gasteiger partial charge in [0.15, 0.2) is 0 Å². The molecule has 3 heterocycles. The molecule has 1 aliphatic heterocycles. The molecular weight excluding hydrogens is 338 g/mol. The predicted octanol–water partition coefficient (Wildman–Crippen LogP) is 2.64. The smallest absolute Gasteiger partial charge is 0.221 e. The minimum atomic E-state index is 0.124. The van der Waals surface area contributed by atoms with Crippen molar-refractivity contribution in [3.8, 4) is 16.9 Å². The van der Waals surface area contributed by atoms with Crippen molar-refractivity contribution in [2.24, 2.45) is 0 Å². The van der Waals surface area contributed by atoms with Crippen LogP contribution in [0.15, 0.2) is 61.1 Å². The maximum absolute atomic E-state index is 11.7. The Bertz CT molecular complexity index is 907. The molecule has 4 rings (SSSR count). The highest BCUT2D eigenvalue weighted by Gasteiger charge is 2.22. The number of benzene rings is 1. The van der Waals surface area contributed by atoms with Gasteiger partial charge in [-0.05, 0) is 31.2 Å². The Balaban J connectivity index is 1.70. The molecule has 1 amide bonds. The third kappa shape index (κ3) is 3.90. The zero-order valence-corrected chi connectivity index (χ0v) is 15.4. The molecule has 2 aromatic heterocycles. The van der Waals surface area contributed by atoms with Crippen molar-refractivity contribution in [1.82, 2.24) is 25.0 Å². The van der Waals surface area contributed by atoms with Crippen LogP contribution < -0.4 is 5.32 Å². The van der Waals surface area contributed by atoms with E-state index in [1.54, 1.807) is 12.4 Å². The lowest BCUT2D eigenvalue weighted by atomic mass is 10.1. The highest BCUT2D eigenvalue weighted by Crippen LogP contribution is 2.25. The van der Waals surface area contributed by atoms with Gasteiger partial charge < -0.3 is 5.32 Å². The number of hydrogen-bond donors (Lipinski definition) is 1. The topological polar surface area (TPSA) is 63.1 Å². The maximum atomic E-state index is 11.7. The summed E-state index contributed by atoms with van der Waals surface area (Å²) in [6.07, 6.45) is 6.20. The molecule has 0 bridgehead atoms. The van der Waals surface area contributed by atoms with Gasteiger partial charge >= 0.3 is 0 Å². The first kappa shape index (κ1) is 17.4. The third-order valence-electron chi connectivity index (χ3n) is 4.98. The largest absolute Gasteiger partial charge is 0.355 e. The summed E-state index contributed by atoms with van der Waals surface area (Å²) in [7, 11) is 0. The molecule has 1 atom stereocenters. The summed E-state index contributed by atoms with van der Waals surface area (Å²) in [5.74, 6) is 0.124. The van der Waals surface area contributed by atoms with Gasteiger partial charge in [-0.25, -0.2) is 4.68 Å². The molecule has 0 aliphatic carbocycles. The molecule has 3 aromatic rings. The lowest BCUT2D eigenvalue weighted by Gasteiger charge is -2.26. The molecule has 0 spiro atoms. The van der Waals surface area contributed by atoms with E-state index >= 15 is 0 Å². The number of amides is 1. The SMILES string of the molecule is C[C@@H]1CNC(=O)CCN1Cc1cn(-c2ccccc2)nc1-c1ccncc1. The number of pyridine rings is 1. The Kier molecular flexibility index (Phi) is 4.98. The average molecular weight is 361 g/mol. The molecule has 0 unspecified atom stereocenters. The number of nitrogens with zero attached hydrogens (tertiary/aromatic N) is 4. The number of carbonyl (C=O) groups is 1. The Morgan fingerprint density at radius 1 is 1.15 bits per heavy atom. The van der Waals surface area contributed by atoms with Crippen molar-refractivity contribution in [3.63, 3.8) is 0 Å². The highest BCUT2D eigenvalue weighted by molar-refractivity contribution is 5.76. The van der Waals surface area contributed by atoms with Crippen LogP contribution in [0.3, 0.4) is 0 Å². The van der Waals surface area contributed by atoms with E-state index in [1.807, 2.05) is 47.1 Å². The molecule has 1 aliphatic rings. The van der Waals surface area contributed by atoms with Crippen molar-refractivity contribution in [2.45, 2.75) is 25.9 Å². The van der Waals surface area contributed by atoms with Gasteiger partial charge in [0.2, 0.25) is 5.91 Å². The minimum absolute atomic E-state index is 0.124. The first-order chi connectivity index (χ1) is 13.2. The summed E-state index contributed by atoms with van der Waals surface area (Å²) in [5, 5.41) is 7.84. The lowest BCUT2D eigenvalue weighted by Crippen LogP contribution is -2.37. The molecule has 6 heteroatoms. The monoisotopic (exact) mass is 361 g/mol. The molecule has 1 N–H and O–H groups in total. The number of nitrogens with one attached hydrogen (secondary N) is 1. The van der Waals surface area contributed by atoms with E-state index < -0.39 is 0 Å². The van der Waals surface area contributed by atoms with Crippen molar-refractivity contribution in [1.29, 1.82) is 0 Å². The summed E-state index contributed by atoms with van der Waals surface area (Å²) in [5.41, 5.74) is 4.18. The summed E-state index contributed by atoms with van der Waals surface area (Å²) in [4.78, 5) is 18.2. The van der Waals surface area contributed by atoms with E-state index in [9.17, 15) is 4.79 Å². The summed E-state index contributed by atoms with van der Waals surface area (Å²) >= 11 is 0. The van der Waals surface area contributed by atoms with Gasteiger partial charge in [-0.1, -0.05) is 18.2 Å². The van der Waals surface area contributed by atoms with E-state index in [1.165, 1.54) is 0 Å². The van der Waals surface area contributed by atoms with Crippen LogP contribution in [-0.2, 0) is 11.3 Å². The second-order valence-corrected chi connectivity index (χ2v) is 6.89. The molecule has 1 fully saturated rings. The second-order valence-electron chi connectivity index (χ2n) is 6.89. The predicted molar refractivity (Wildman–Crippen MR) is 104 cm³/mol. The summed E-state index contributed by atoms with van der Waals surface area (Å²) in [6.45, 7) is 4.33. The minimum Gasteiger partial charge on any atom is -0.355 e. The number of aromatic nitrogens is 3. The van der Waals surface area contributed by atoms with Crippen molar-refractivity contribution >= 4 is 5.91 Å². The van der Waals surface area contributed by atoms with Gasteiger partial charge in [-0.3, -0.25) is 14.7 Å². The van der Waals surface area contributed by atoms with E-state index in [-0.39, 0.29) is 11.9 Å². The molecule has 1 aromatic carbocycles. The molecular formula is C21H23N5O. The highest BCUT2D eigenvalue weighted by atomic mass is 16.1. The van der Waals surface area contributed by atoms with Crippen molar-refractivity contribution in [2.75, 3.05) is 13.1 Å². The van der Waals surface area contributed by atoms with Gasteiger partial charge in [-0.15, -0.1) is 0 Å². The number of carbonyl (C=O) groups excluding carboxylic acids is 1. The molecule has 27 heavy (non-hydrogen) atoms. The van der Waals surface area contributed by atoms with Crippen LogP contribution >= 0.6 is 0 Å². The van der Waals surface area contributed by atoms with Gasteiger partial charge in [-0.2, -0.15) is 5.10 Å². The van der Waals surface area contributed by atoms with E-state index in [2.05, 4.69) is 28.3 Å². The van der Waals surface area contributed by atoms with Crippen LogP contribution in [-0.4, -0.2) is 44.7 Å². The summed E-state index contributed by atoms with van der Waals surface area (Å²) < 4.78 is 1.93. The summed E-state index contributed by atoms with van der Waals surface area (Å²) in [6, 6.07) is 14.4. The first-order valence-electron chi connectivity index (χ1n) is 9.26. The molecule has 6 nitrogen and oxygen atoms in total. The van der Waals surface area contributed by atoms with Gasteiger partial charge in [0.1, 0.15) is 0 Å². The zero-order chi connectivity index (χ0) is 18.6. The van der Waals surface area contributed by atoms with E-state index in [0.29, 0.717) is 13.0 Å². The Morgan fingerprint density at radius 3 is 2.70 bits per heavy atom. The fraction of sp³-hybridized carbons (Fsp3) is 0.286. The van der Waals surface area contributed by atoms with Crippen LogP contribution in [0.5, 0.6) is 0 Å². The van der Waals surface area contributed by atoms with Gasteiger partial charge in [0.05, 0.1) is 11.4 Å². The van der Waals surface area contributed by atoms with E-state index in [4.69, 9.17) is 5.10 Å². The first-order valence-corrected chi connectivity index (χ1v) is 9.26. The standard InChI is InChI=1S/C21H23N5O/c1-16-13-23-20(27)9-12-25(16)14-18-15-26(19-5-3-2-4-6-19)24-21(18)17-7-10-22-11-8-17/h2-8,10-11,15-16H,9,12-14H2,1H3,(H,23,27)/t16-/m1/s1. The normalized spacial score (nSPS) is 18.1. The van der Waals surface area contributed by atoms with Crippen LogP contribution in [0.25, 0.3) is 16.9 Å².